The van der Waals surface area contributed by atoms with Crippen LogP contribution in [0.1, 0.15) is 19.4 Å². The first-order chi connectivity index (χ1) is 12.8. The van der Waals surface area contributed by atoms with Crippen molar-refractivity contribution in [2.45, 2.75) is 37.9 Å². The van der Waals surface area contributed by atoms with Crippen LogP contribution in [0.4, 0.5) is 0 Å². The molecule has 0 aromatic heterocycles. The first kappa shape index (κ1) is 20.3. The van der Waals surface area contributed by atoms with Crippen molar-refractivity contribution in [1.29, 1.82) is 0 Å². The second-order valence-electron chi connectivity index (χ2n) is 7.55. The van der Waals surface area contributed by atoms with Gasteiger partial charge < -0.3 is 9.64 Å². The smallest absolute Gasteiger partial charge is 0.243 e. The number of amides is 1. The highest BCUT2D eigenvalue weighted by molar-refractivity contribution is 7.89. The van der Waals surface area contributed by atoms with Crippen LogP contribution in [0.2, 0.25) is 0 Å². The first-order valence-electron chi connectivity index (χ1n) is 9.48. The number of hydrogen-bond acceptors (Lipinski definition) is 5. The normalized spacial score (nSPS) is 25.5. The molecule has 1 amide bonds. The fourth-order valence-corrected chi connectivity index (χ4v) is 5.08. The molecule has 2 fully saturated rings. The van der Waals surface area contributed by atoms with Crippen LogP contribution in [0.15, 0.2) is 29.2 Å². The summed E-state index contributed by atoms with van der Waals surface area (Å²) < 4.78 is 32.7. The standard InChI is InChI=1S/C19H29N3O4S/c1-15-4-6-18(7-5-15)27(24,25)22-10-8-20(9-11-22)14-19(23)21-12-16(2)26-17(3)13-21/h4-7,16-17H,8-14H2,1-3H3/t16-,17-/m1/s1. The van der Waals surface area contributed by atoms with E-state index in [0.717, 1.165) is 5.56 Å². The van der Waals surface area contributed by atoms with Crippen molar-refractivity contribution in [3.8, 4) is 0 Å². The Morgan fingerprint density at radius 3 is 2.15 bits per heavy atom. The Morgan fingerprint density at radius 1 is 1.04 bits per heavy atom. The fourth-order valence-electron chi connectivity index (χ4n) is 3.66. The predicted molar refractivity (Wildman–Crippen MR) is 103 cm³/mol. The quantitative estimate of drug-likeness (QED) is 0.759. The molecule has 1 aromatic carbocycles. The fraction of sp³-hybridized carbons (Fsp3) is 0.632. The molecule has 0 bridgehead atoms. The van der Waals surface area contributed by atoms with Gasteiger partial charge in [0.25, 0.3) is 0 Å². The highest BCUT2D eigenvalue weighted by atomic mass is 32.2. The molecule has 0 unspecified atom stereocenters. The second kappa shape index (κ2) is 8.26. The zero-order valence-electron chi connectivity index (χ0n) is 16.3. The van der Waals surface area contributed by atoms with Gasteiger partial charge in [-0.3, -0.25) is 9.69 Å². The maximum Gasteiger partial charge on any atom is 0.243 e. The Bertz CT molecular complexity index is 748. The Morgan fingerprint density at radius 2 is 1.59 bits per heavy atom. The topological polar surface area (TPSA) is 70.2 Å². The number of sulfonamides is 1. The van der Waals surface area contributed by atoms with Crippen molar-refractivity contribution in [1.82, 2.24) is 14.1 Å². The average Bonchev–Trinajstić information content (AvgIpc) is 2.61. The molecule has 7 nitrogen and oxygen atoms in total. The van der Waals surface area contributed by atoms with Gasteiger partial charge in [-0.25, -0.2) is 8.42 Å². The molecule has 2 saturated heterocycles. The van der Waals surface area contributed by atoms with Gasteiger partial charge in [0.05, 0.1) is 23.6 Å². The van der Waals surface area contributed by atoms with E-state index in [1.165, 1.54) is 4.31 Å². The number of nitrogens with zero attached hydrogens (tertiary/aromatic N) is 3. The summed E-state index contributed by atoms with van der Waals surface area (Å²) in [6.07, 6.45) is 0.100. The number of benzene rings is 1. The molecule has 0 spiro atoms. The van der Waals surface area contributed by atoms with Crippen molar-refractivity contribution in [2.24, 2.45) is 0 Å². The van der Waals surface area contributed by atoms with E-state index in [1.807, 2.05) is 42.7 Å². The molecule has 150 valence electrons. The Kier molecular flexibility index (Phi) is 6.20. The zero-order chi connectivity index (χ0) is 19.6. The Labute approximate surface area is 161 Å². The van der Waals surface area contributed by atoms with E-state index in [9.17, 15) is 13.2 Å². The number of ether oxygens (including phenoxy) is 1. The maximum atomic E-state index is 12.8. The number of piperazine rings is 1. The summed E-state index contributed by atoms with van der Waals surface area (Å²) >= 11 is 0. The predicted octanol–water partition coefficient (Wildman–Crippen LogP) is 0.937. The van der Waals surface area contributed by atoms with E-state index in [-0.39, 0.29) is 18.1 Å². The maximum absolute atomic E-state index is 12.8. The van der Waals surface area contributed by atoms with E-state index >= 15 is 0 Å². The van der Waals surface area contributed by atoms with Crippen LogP contribution in [0, 0.1) is 6.92 Å². The third-order valence-electron chi connectivity index (χ3n) is 5.12. The zero-order valence-corrected chi connectivity index (χ0v) is 17.1. The molecule has 27 heavy (non-hydrogen) atoms. The van der Waals surface area contributed by atoms with Gasteiger partial charge in [0.15, 0.2) is 0 Å². The highest BCUT2D eigenvalue weighted by Crippen LogP contribution is 2.18. The van der Waals surface area contributed by atoms with Gasteiger partial charge >= 0.3 is 0 Å². The molecule has 1 aromatic rings. The molecule has 8 heteroatoms. The Balaban J connectivity index is 1.54. The van der Waals surface area contributed by atoms with Crippen LogP contribution in [0.5, 0.6) is 0 Å². The average molecular weight is 396 g/mol. The molecular weight excluding hydrogens is 366 g/mol. The number of rotatable bonds is 4. The van der Waals surface area contributed by atoms with Gasteiger partial charge in [-0.05, 0) is 32.9 Å². The van der Waals surface area contributed by atoms with Gasteiger partial charge in [0.1, 0.15) is 0 Å². The van der Waals surface area contributed by atoms with Crippen molar-refractivity contribution in [3.05, 3.63) is 29.8 Å². The molecule has 0 N–H and O–H groups in total. The minimum absolute atomic E-state index is 0.0502. The molecule has 2 heterocycles. The second-order valence-corrected chi connectivity index (χ2v) is 9.49. The SMILES string of the molecule is Cc1ccc(S(=O)(=O)N2CCN(CC(=O)N3C[C@@H](C)O[C@H](C)C3)CC2)cc1. The lowest BCUT2D eigenvalue weighted by atomic mass is 10.2. The summed E-state index contributed by atoms with van der Waals surface area (Å²) in [4.78, 5) is 16.8. The Hall–Kier alpha value is -1.48. The van der Waals surface area contributed by atoms with Crippen LogP contribution < -0.4 is 0 Å². The van der Waals surface area contributed by atoms with Crippen molar-refractivity contribution < 1.29 is 17.9 Å². The van der Waals surface area contributed by atoms with Crippen LogP contribution in [-0.4, -0.2) is 86.5 Å². The molecule has 2 aliphatic heterocycles. The molecular formula is C19H29N3O4S. The minimum Gasteiger partial charge on any atom is -0.372 e. The van der Waals surface area contributed by atoms with Gasteiger partial charge in [-0.15, -0.1) is 0 Å². The molecule has 0 saturated carbocycles. The van der Waals surface area contributed by atoms with Crippen LogP contribution in [0.25, 0.3) is 0 Å². The van der Waals surface area contributed by atoms with Gasteiger partial charge in [-0.1, -0.05) is 17.7 Å². The van der Waals surface area contributed by atoms with Crippen molar-refractivity contribution in [2.75, 3.05) is 45.8 Å². The van der Waals surface area contributed by atoms with E-state index < -0.39 is 10.0 Å². The van der Waals surface area contributed by atoms with E-state index in [2.05, 4.69) is 0 Å². The summed E-state index contributed by atoms with van der Waals surface area (Å²) in [5.74, 6) is 0.0897. The van der Waals surface area contributed by atoms with Crippen molar-refractivity contribution >= 4 is 15.9 Å². The first-order valence-corrected chi connectivity index (χ1v) is 10.9. The summed E-state index contributed by atoms with van der Waals surface area (Å²) in [6.45, 7) is 9.38. The number of carbonyl (C=O) groups excluding carboxylic acids is 1. The van der Waals surface area contributed by atoms with Crippen LogP contribution in [-0.2, 0) is 19.6 Å². The largest absolute Gasteiger partial charge is 0.372 e. The molecule has 0 aliphatic carbocycles. The highest BCUT2D eigenvalue weighted by Gasteiger charge is 2.31. The van der Waals surface area contributed by atoms with E-state index in [0.29, 0.717) is 50.7 Å². The van der Waals surface area contributed by atoms with Gasteiger partial charge in [0.2, 0.25) is 15.9 Å². The van der Waals surface area contributed by atoms with E-state index in [1.54, 1.807) is 12.1 Å². The monoisotopic (exact) mass is 395 g/mol. The summed E-state index contributed by atoms with van der Waals surface area (Å²) in [7, 11) is -3.47. The van der Waals surface area contributed by atoms with Gasteiger partial charge in [0, 0.05) is 39.3 Å². The molecule has 3 rings (SSSR count). The number of hydrogen-bond donors (Lipinski definition) is 0. The minimum atomic E-state index is -3.47. The summed E-state index contributed by atoms with van der Waals surface area (Å²) in [5, 5.41) is 0. The molecule has 2 aliphatic rings. The van der Waals surface area contributed by atoms with E-state index in [4.69, 9.17) is 4.74 Å². The molecule has 0 radical (unpaired) electrons. The third kappa shape index (κ3) is 4.87. The van der Waals surface area contributed by atoms with Crippen LogP contribution in [0.3, 0.4) is 0 Å². The number of aryl methyl sites for hydroxylation is 1. The third-order valence-corrected chi connectivity index (χ3v) is 7.03. The van der Waals surface area contributed by atoms with Gasteiger partial charge in [-0.2, -0.15) is 4.31 Å². The number of carbonyl (C=O) groups is 1. The lowest BCUT2D eigenvalue weighted by molar-refractivity contribution is -0.144. The lowest BCUT2D eigenvalue weighted by Crippen LogP contribution is -2.54. The number of morpholine rings is 1. The summed E-state index contributed by atoms with van der Waals surface area (Å²) in [5.41, 5.74) is 1.03. The van der Waals surface area contributed by atoms with Crippen LogP contribution >= 0.6 is 0 Å². The lowest BCUT2D eigenvalue weighted by Gasteiger charge is -2.38. The molecule has 2 atom stereocenters. The summed E-state index contributed by atoms with van der Waals surface area (Å²) in [6, 6.07) is 6.93. The van der Waals surface area contributed by atoms with Crippen molar-refractivity contribution in [3.63, 3.8) is 0 Å².